The summed E-state index contributed by atoms with van der Waals surface area (Å²) in [5.41, 5.74) is -0.427. The zero-order valence-corrected chi connectivity index (χ0v) is 10.9. The van der Waals surface area contributed by atoms with Crippen LogP contribution in [0.1, 0.15) is 39.0 Å². The van der Waals surface area contributed by atoms with Gasteiger partial charge in [-0.3, -0.25) is 4.79 Å². The predicted molar refractivity (Wildman–Crippen MR) is 67.2 cm³/mol. The van der Waals surface area contributed by atoms with Crippen LogP contribution in [0.4, 0.5) is 0 Å². The van der Waals surface area contributed by atoms with Gasteiger partial charge in [0.1, 0.15) is 6.04 Å². The number of piperidine rings is 2. The Morgan fingerprint density at radius 1 is 1.33 bits per heavy atom. The number of likely N-dealkylation sites (tertiary alicyclic amines) is 1. The van der Waals surface area contributed by atoms with Crippen LogP contribution >= 0.6 is 0 Å². The van der Waals surface area contributed by atoms with Crippen LogP contribution in [-0.2, 0) is 9.59 Å². The zero-order chi connectivity index (χ0) is 13.2. The molecule has 0 aromatic carbocycles. The standard InChI is InChI=1S/C13H22N2O3/c1-13(6-4-7-14-9-13)12(18)15-8-3-2-5-10(15)11(16)17/h10,14H,2-9H2,1H3,(H,16,17)/t10-,13?/m1/s1. The normalized spacial score (nSPS) is 33.2. The number of hydrogen-bond acceptors (Lipinski definition) is 3. The number of nitrogens with zero attached hydrogens (tertiary/aromatic N) is 1. The van der Waals surface area contributed by atoms with E-state index < -0.39 is 17.4 Å². The summed E-state index contributed by atoms with van der Waals surface area (Å²) in [7, 11) is 0. The first-order chi connectivity index (χ1) is 8.54. The van der Waals surface area contributed by atoms with Crippen LogP contribution in [0.2, 0.25) is 0 Å². The van der Waals surface area contributed by atoms with E-state index in [4.69, 9.17) is 0 Å². The molecule has 0 aromatic rings. The third kappa shape index (κ3) is 2.51. The second-order valence-electron chi connectivity index (χ2n) is 5.69. The molecule has 2 saturated heterocycles. The summed E-state index contributed by atoms with van der Waals surface area (Å²) >= 11 is 0. The maximum atomic E-state index is 12.6. The highest BCUT2D eigenvalue weighted by atomic mass is 16.4. The van der Waals surface area contributed by atoms with Crippen molar-refractivity contribution < 1.29 is 14.7 Å². The van der Waals surface area contributed by atoms with E-state index in [1.54, 1.807) is 4.90 Å². The fraction of sp³-hybridized carbons (Fsp3) is 0.846. The van der Waals surface area contributed by atoms with Gasteiger partial charge in [0, 0.05) is 13.1 Å². The SMILES string of the molecule is CC1(C(=O)N2CCCC[C@@H]2C(=O)O)CCCNC1. The molecule has 1 unspecified atom stereocenters. The highest BCUT2D eigenvalue weighted by Gasteiger charge is 2.42. The average Bonchev–Trinajstić information content (AvgIpc) is 2.38. The molecule has 0 radical (unpaired) electrons. The maximum absolute atomic E-state index is 12.6. The van der Waals surface area contributed by atoms with Crippen molar-refractivity contribution in [2.45, 2.75) is 45.1 Å². The first-order valence-electron chi connectivity index (χ1n) is 6.79. The number of carbonyl (C=O) groups excluding carboxylic acids is 1. The smallest absolute Gasteiger partial charge is 0.326 e. The molecule has 5 heteroatoms. The number of hydrogen-bond donors (Lipinski definition) is 2. The van der Waals surface area contributed by atoms with Crippen molar-refractivity contribution in [3.8, 4) is 0 Å². The van der Waals surface area contributed by atoms with Gasteiger partial charge in [-0.05, 0) is 45.6 Å². The van der Waals surface area contributed by atoms with Gasteiger partial charge in [0.25, 0.3) is 0 Å². The zero-order valence-electron chi connectivity index (χ0n) is 10.9. The summed E-state index contributed by atoms with van der Waals surface area (Å²) in [6.45, 7) is 4.15. The number of carboxylic acids is 1. The number of rotatable bonds is 2. The molecule has 2 heterocycles. The van der Waals surface area contributed by atoms with E-state index in [0.717, 1.165) is 32.2 Å². The third-order valence-corrected chi connectivity index (χ3v) is 4.16. The van der Waals surface area contributed by atoms with E-state index in [1.807, 2.05) is 6.92 Å². The molecular weight excluding hydrogens is 232 g/mol. The van der Waals surface area contributed by atoms with Crippen molar-refractivity contribution in [1.29, 1.82) is 0 Å². The van der Waals surface area contributed by atoms with Gasteiger partial charge in [0.05, 0.1) is 5.41 Å². The minimum Gasteiger partial charge on any atom is -0.480 e. The summed E-state index contributed by atoms with van der Waals surface area (Å²) in [6, 6.07) is -0.620. The van der Waals surface area contributed by atoms with Gasteiger partial charge >= 0.3 is 5.97 Å². The van der Waals surface area contributed by atoms with Crippen LogP contribution in [0.3, 0.4) is 0 Å². The van der Waals surface area contributed by atoms with E-state index in [2.05, 4.69) is 5.32 Å². The topological polar surface area (TPSA) is 69.6 Å². The molecule has 0 bridgehead atoms. The Labute approximate surface area is 108 Å². The van der Waals surface area contributed by atoms with Gasteiger partial charge in [0.15, 0.2) is 0 Å². The number of carboxylic acid groups (broad SMARTS) is 1. The summed E-state index contributed by atoms with van der Waals surface area (Å²) in [5.74, 6) is -0.850. The monoisotopic (exact) mass is 254 g/mol. The number of nitrogens with one attached hydrogen (secondary N) is 1. The second-order valence-corrected chi connectivity index (χ2v) is 5.69. The first-order valence-corrected chi connectivity index (χ1v) is 6.79. The molecule has 2 aliphatic rings. The van der Waals surface area contributed by atoms with Crippen LogP contribution in [-0.4, -0.2) is 47.6 Å². The van der Waals surface area contributed by atoms with Crippen LogP contribution in [0, 0.1) is 5.41 Å². The third-order valence-electron chi connectivity index (χ3n) is 4.16. The van der Waals surface area contributed by atoms with Gasteiger partial charge in [-0.2, -0.15) is 0 Å². The maximum Gasteiger partial charge on any atom is 0.326 e. The molecule has 2 rings (SSSR count). The van der Waals surface area contributed by atoms with E-state index in [1.165, 1.54) is 0 Å². The molecule has 0 spiro atoms. The summed E-state index contributed by atoms with van der Waals surface area (Å²) in [6.07, 6.45) is 4.23. The molecule has 5 nitrogen and oxygen atoms in total. The molecule has 18 heavy (non-hydrogen) atoms. The minimum absolute atomic E-state index is 0.0156. The number of aliphatic carboxylic acids is 1. The predicted octanol–water partition coefficient (Wildman–Crippen LogP) is 0.842. The van der Waals surface area contributed by atoms with Crippen molar-refractivity contribution in [1.82, 2.24) is 10.2 Å². The molecule has 0 aromatic heterocycles. The van der Waals surface area contributed by atoms with E-state index >= 15 is 0 Å². The highest BCUT2D eigenvalue weighted by Crippen LogP contribution is 2.31. The van der Waals surface area contributed by atoms with Gasteiger partial charge in [-0.15, -0.1) is 0 Å². The number of amides is 1. The van der Waals surface area contributed by atoms with E-state index in [0.29, 0.717) is 19.5 Å². The van der Waals surface area contributed by atoms with Crippen LogP contribution in [0.15, 0.2) is 0 Å². The van der Waals surface area contributed by atoms with Gasteiger partial charge in [-0.1, -0.05) is 0 Å². The largest absolute Gasteiger partial charge is 0.480 e. The van der Waals surface area contributed by atoms with Crippen molar-refractivity contribution >= 4 is 11.9 Å². The lowest BCUT2D eigenvalue weighted by Gasteiger charge is -2.41. The van der Waals surface area contributed by atoms with Crippen molar-refractivity contribution in [2.75, 3.05) is 19.6 Å². The Morgan fingerprint density at radius 2 is 2.11 bits per heavy atom. The van der Waals surface area contributed by atoms with E-state index in [9.17, 15) is 14.7 Å². The lowest BCUT2D eigenvalue weighted by Crippen LogP contribution is -2.56. The highest BCUT2D eigenvalue weighted by molar-refractivity contribution is 5.87. The van der Waals surface area contributed by atoms with Crippen molar-refractivity contribution in [2.24, 2.45) is 5.41 Å². The molecule has 2 N–H and O–H groups in total. The lowest BCUT2D eigenvalue weighted by molar-refractivity contribution is -0.157. The summed E-state index contributed by atoms with van der Waals surface area (Å²) < 4.78 is 0. The molecule has 2 fully saturated rings. The Morgan fingerprint density at radius 3 is 2.72 bits per heavy atom. The Kier molecular flexibility index (Phi) is 3.90. The fourth-order valence-electron chi connectivity index (χ4n) is 3.02. The Hall–Kier alpha value is -1.10. The van der Waals surface area contributed by atoms with Crippen LogP contribution in [0.25, 0.3) is 0 Å². The van der Waals surface area contributed by atoms with E-state index in [-0.39, 0.29) is 5.91 Å². The first kappa shape index (κ1) is 13.3. The van der Waals surface area contributed by atoms with Gasteiger partial charge in [0.2, 0.25) is 5.91 Å². The van der Waals surface area contributed by atoms with Crippen molar-refractivity contribution in [3.63, 3.8) is 0 Å². The second kappa shape index (κ2) is 5.26. The quantitative estimate of drug-likeness (QED) is 0.766. The van der Waals surface area contributed by atoms with Crippen LogP contribution in [0.5, 0.6) is 0 Å². The molecule has 0 saturated carbocycles. The minimum atomic E-state index is -0.865. The molecule has 2 aliphatic heterocycles. The molecule has 102 valence electrons. The lowest BCUT2D eigenvalue weighted by atomic mass is 9.80. The molecule has 2 atom stereocenters. The molecule has 1 amide bonds. The molecule has 0 aliphatic carbocycles. The summed E-state index contributed by atoms with van der Waals surface area (Å²) in [4.78, 5) is 25.5. The summed E-state index contributed by atoms with van der Waals surface area (Å²) in [5, 5.41) is 12.5. The fourth-order valence-corrected chi connectivity index (χ4v) is 3.02. The Balaban J connectivity index is 2.12. The molecular formula is C13H22N2O3. The number of carbonyl (C=O) groups is 2. The average molecular weight is 254 g/mol. The van der Waals surface area contributed by atoms with Gasteiger partial charge in [-0.25, -0.2) is 4.79 Å². The van der Waals surface area contributed by atoms with Crippen LogP contribution < -0.4 is 5.32 Å². The van der Waals surface area contributed by atoms with Crippen molar-refractivity contribution in [3.05, 3.63) is 0 Å². The Bertz CT molecular complexity index is 337. The van der Waals surface area contributed by atoms with Gasteiger partial charge < -0.3 is 15.3 Å².